The molecular weight excluding hydrogens is 296 g/mol. The highest BCUT2D eigenvalue weighted by atomic mass is 16.6. The van der Waals surface area contributed by atoms with E-state index in [1.807, 2.05) is 26.8 Å². The lowest BCUT2D eigenvalue weighted by Gasteiger charge is -2.16. The minimum absolute atomic E-state index is 0.310. The molecule has 124 valence electrons. The first-order chi connectivity index (χ1) is 11.0. The van der Waals surface area contributed by atoms with Crippen molar-refractivity contribution in [2.24, 2.45) is 0 Å². The predicted octanol–water partition coefficient (Wildman–Crippen LogP) is 3.38. The Kier molecular flexibility index (Phi) is 5.42. The summed E-state index contributed by atoms with van der Waals surface area (Å²) >= 11 is 0. The van der Waals surface area contributed by atoms with Gasteiger partial charge in [-0.2, -0.15) is 0 Å². The van der Waals surface area contributed by atoms with Gasteiger partial charge in [0.05, 0.1) is 6.61 Å². The van der Waals surface area contributed by atoms with Crippen LogP contribution in [-0.4, -0.2) is 18.7 Å². The van der Waals surface area contributed by atoms with Crippen LogP contribution in [0.3, 0.4) is 0 Å². The lowest BCUT2D eigenvalue weighted by molar-refractivity contribution is -0.151. The van der Waals surface area contributed by atoms with E-state index in [2.05, 4.69) is 0 Å². The first-order valence-corrected chi connectivity index (χ1v) is 7.91. The van der Waals surface area contributed by atoms with Gasteiger partial charge in [0.2, 0.25) is 0 Å². The second kappa shape index (κ2) is 7.31. The largest absolute Gasteiger partial charge is 0.479 e. The molecule has 5 nitrogen and oxygen atoms in total. The van der Waals surface area contributed by atoms with Crippen molar-refractivity contribution in [3.63, 3.8) is 0 Å². The van der Waals surface area contributed by atoms with Crippen LogP contribution < -0.4 is 10.4 Å². The van der Waals surface area contributed by atoms with Crippen LogP contribution in [-0.2, 0) is 16.0 Å². The highest BCUT2D eigenvalue weighted by Crippen LogP contribution is 2.25. The summed E-state index contributed by atoms with van der Waals surface area (Å²) in [5.41, 5.74) is 1.74. The number of carbonyl (C=O) groups excluding carboxylic acids is 1. The Morgan fingerprint density at radius 1 is 1.26 bits per heavy atom. The maximum Gasteiger partial charge on any atom is 0.347 e. The number of carbonyl (C=O) groups is 1. The van der Waals surface area contributed by atoms with Gasteiger partial charge in [0.25, 0.3) is 0 Å². The number of hydrogen-bond acceptors (Lipinski definition) is 5. The fourth-order valence-electron chi connectivity index (χ4n) is 2.55. The van der Waals surface area contributed by atoms with E-state index in [1.54, 1.807) is 19.1 Å². The van der Waals surface area contributed by atoms with Gasteiger partial charge >= 0.3 is 11.6 Å². The Morgan fingerprint density at radius 2 is 2.00 bits per heavy atom. The third-order valence-electron chi connectivity index (χ3n) is 3.81. The van der Waals surface area contributed by atoms with Crippen molar-refractivity contribution < 1.29 is 18.7 Å². The Labute approximate surface area is 135 Å². The molecule has 1 aromatic heterocycles. The van der Waals surface area contributed by atoms with Crippen LogP contribution in [0.5, 0.6) is 5.75 Å². The molecule has 2 rings (SSSR count). The Hall–Kier alpha value is -2.30. The minimum atomic E-state index is -0.671. The highest BCUT2D eigenvalue weighted by molar-refractivity contribution is 5.82. The number of hydrogen-bond donors (Lipinski definition) is 0. The van der Waals surface area contributed by atoms with Crippen molar-refractivity contribution in [3.05, 3.63) is 39.7 Å². The average molecular weight is 318 g/mol. The molecule has 0 aliphatic heterocycles. The topological polar surface area (TPSA) is 65.7 Å². The van der Waals surface area contributed by atoms with Crippen molar-refractivity contribution >= 4 is 16.9 Å². The normalized spacial score (nSPS) is 12.2. The summed E-state index contributed by atoms with van der Waals surface area (Å²) in [6, 6.07) is 5.27. The summed E-state index contributed by atoms with van der Waals surface area (Å²) in [7, 11) is 0. The van der Waals surface area contributed by atoms with Gasteiger partial charge in [-0.1, -0.05) is 13.8 Å². The summed E-state index contributed by atoms with van der Waals surface area (Å²) in [4.78, 5) is 23.8. The smallest absolute Gasteiger partial charge is 0.347 e. The second-order valence-electron chi connectivity index (χ2n) is 5.27. The molecule has 5 heteroatoms. The molecule has 1 atom stereocenters. The SMILES string of the molecule is CCOC(=O)[C@H](CC)Oc1ccc2c(C)c(CC)c(=O)oc2c1. The standard InChI is InChI=1S/C18H22O5/c1-5-13-11(4)14-9-8-12(10-16(14)23-17(13)19)22-15(6-2)18(20)21-7-3/h8-10,15H,5-7H2,1-4H3/t15-/m0/s1. The van der Waals surface area contributed by atoms with E-state index >= 15 is 0 Å². The molecule has 0 saturated carbocycles. The number of ether oxygens (including phenoxy) is 2. The van der Waals surface area contributed by atoms with Gasteiger partial charge in [0.1, 0.15) is 11.3 Å². The predicted molar refractivity (Wildman–Crippen MR) is 87.9 cm³/mol. The molecule has 0 spiro atoms. The monoisotopic (exact) mass is 318 g/mol. The van der Waals surface area contributed by atoms with Crippen molar-refractivity contribution in [2.45, 2.75) is 46.6 Å². The van der Waals surface area contributed by atoms with E-state index in [4.69, 9.17) is 13.9 Å². The first-order valence-electron chi connectivity index (χ1n) is 7.91. The zero-order valence-corrected chi connectivity index (χ0v) is 14.0. The molecule has 0 aliphatic rings. The van der Waals surface area contributed by atoms with Crippen molar-refractivity contribution in [1.82, 2.24) is 0 Å². The average Bonchev–Trinajstić information content (AvgIpc) is 2.52. The fourth-order valence-corrected chi connectivity index (χ4v) is 2.55. The van der Waals surface area contributed by atoms with Gasteiger partial charge in [-0.15, -0.1) is 0 Å². The Morgan fingerprint density at radius 3 is 2.61 bits per heavy atom. The van der Waals surface area contributed by atoms with Crippen LogP contribution in [0.25, 0.3) is 11.0 Å². The summed E-state index contributed by atoms with van der Waals surface area (Å²) in [6.07, 6.45) is 0.452. The van der Waals surface area contributed by atoms with Crippen LogP contribution in [0, 0.1) is 6.92 Å². The molecule has 1 aromatic carbocycles. The van der Waals surface area contributed by atoms with E-state index in [0.29, 0.717) is 36.3 Å². The molecule has 23 heavy (non-hydrogen) atoms. The molecule has 0 N–H and O–H groups in total. The lowest BCUT2D eigenvalue weighted by Crippen LogP contribution is -2.28. The minimum Gasteiger partial charge on any atom is -0.479 e. The molecule has 0 radical (unpaired) electrons. The van der Waals surface area contributed by atoms with Gasteiger partial charge in [0, 0.05) is 17.0 Å². The maximum atomic E-state index is 12.0. The van der Waals surface area contributed by atoms with Gasteiger partial charge in [0.15, 0.2) is 6.10 Å². The highest BCUT2D eigenvalue weighted by Gasteiger charge is 2.20. The van der Waals surface area contributed by atoms with Crippen LogP contribution in [0.1, 0.15) is 38.3 Å². The molecule has 0 aliphatic carbocycles. The van der Waals surface area contributed by atoms with E-state index in [1.165, 1.54) is 0 Å². The summed E-state index contributed by atoms with van der Waals surface area (Å²) in [6.45, 7) is 7.74. The Bertz CT molecular complexity index is 760. The molecule has 0 fully saturated rings. The maximum absolute atomic E-state index is 12.0. The molecule has 2 aromatic rings. The van der Waals surface area contributed by atoms with Gasteiger partial charge in [-0.25, -0.2) is 9.59 Å². The van der Waals surface area contributed by atoms with E-state index < -0.39 is 12.1 Å². The van der Waals surface area contributed by atoms with E-state index in [9.17, 15) is 9.59 Å². The molecular formula is C18H22O5. The van der Waals surface area contributed by atoms with E-state index in [0.717, 1.165) is 10.9 Å². The second-order valence-corrected chi connectivity index (χ2v) is 5.27. The quantitative estimate of drug-likeness (QED) is 0.603. The number of rotatable bonds is 6. The van der Waals surface area contributed by atoms with Crippen LogP contribution >= 0.6 is 0 Å². The lowest BCUT2D eigenvalue weighted by atomic mass is 10.0. The summed E-state index contributed by atoms with van der Waals surface area (Å²) in [5, 5.41) is 0.873. The molecule has 0 bridgehead atoms. The van der Waals surface area contributed by atoms with Crippen LogP contribution in [0.15, 0.2) is 27.4 Å². The number of benzene rings is 1. The van der Waals surface area contributed by atoms with Crippen molar-refractivity contribution in [3.8, 4) is 5.75 Å². The van der Waals surface area contributed by atoms with Gasteiger partial charge < -0.3 is 13.9 Å². The summed E-state index contributed by atoms with van der Waals surface area (Å²) in [5.74, 6) is 0.0817. The molecule has 1 heterocycles. The zero-order chi connectivity index (χ0) is 17.0. The van der Waals surface area contributed by atoms with E-state index in [-0.39, 0.29) is 5.63 Å². The molecule has 0 unspecified atom stereocenters. The number of fused-ring (bicyclic) bond motifs is 1. The zero-order valence-electron chi connectivity index (χ0n) is 14.0. The van der Waals surface area contributed by atoms with Gasteiger partial charge in [-0.3, -0.25) is 0 Å². The Balaban J connectivity index is 2.37. The summed E-state index contributed by atoms with van der Waals surface area (Å²) < 4.78 is 16.0. The number of esters is 1. The fraction of sp³-hybridized carbons (Fsp3) is 0.444. The third-order valence-corrected chi connectivity index (χ3v) is 3.81. The number of aryl methyl sites for hydroxylation is 1. The molecule has 0 saturated heterocycles. The third kappa shape index (κ3) is 3.55. The van der Waals surface area contributed by atoms with Crippen molar-refractivity contribution in [1.29, 1.82) is 0 Å². The molecule has 0 amide bonds. The van der Waals surface area contributed by atoms with Crippen LogP contribution in [0.4, 0.5) is 0 Å². The van der Waals surface area contributed by atoms with Gasteiger partial charge in [-0.05, 0) is 44.4 Å². The first kappa shape index (κ1) is 17.1. The van der Waals surface area contributed by atoms with Crippen LogP contribution in [0.2, 0.25) is 0 Å². The van der Waals surface area contributed by atoms with Crippen molar-refractivity contribution in [2.75, 3.05) is 6.61 Å².